The van der Waals surface area contributed by atoms with E-state index in [1.54, 1.807) is 19.5 Å². The van der Waals surface area contributed by atoms with Crippen LogP contribution in [0.3, 0.4) is 0 Å². The van der Waals surface area contributed by atoms with Gasteiger partial charge in [0, 0.05) is 48.6 Å². The molecule has 164 valence electrons. The monoisotopic (exact) mass is 513 g/mol. The molecule has 2 N–H and O–H groups in total. The molecular weight excluding hydrogens is 494 g/mol. The lowest BCUT2D eigenvalue weighted by molar-refractivity contribution is 0.416. The van der Waals surface area contributed by atoms with Gasteiger partial charge in [0.1, 0.15) is 17.1 Å². The van der Waals surface area contributed by atoms with E-state index in [0.29, 0.717) is 16.7 Å². The van der Waals surface area contributed by atoms with E-state index in [9.17, 15) is 0 Å². The van der Waals surface area contributed by atoms with Crippen LogP contribution in [0.5, 0.6) is 5.75 Å². The fourth-order valence-corrected chi connectivity index (χ4v) is 4.28. The van der Waals surface area contributed by atoms with Crippen LogP contribution in [-0.4, -0.2) is 52.6 Å². The molecular formula is C22H21BrClN7O. The molecule has 10 heteroatoms. The van der Waals surface area contributed by atoms with Gasteiger partial charge >= 0.3 is 0 Å². The minimum absolute atomic E-state index is 0.419. The largest absolute Gasteiger partial charge is 0.494 e. The first kappa shape index (κ1) is 21.0. The summed E-state index contributed by atoms with van der Waals surface area (Å²) < 4.78 is 8.51. The number of imidazole rings is 1. The van der Waals surface area contributed by atoms with Crippen LogP contribution in [0.15, 0.2) is 53.4 Å². The van der Waals surface area contributed by atoms with Crippen LogP contribution in [0.25, 0.3) is 17.0 Å². The second-order valence-electron chi connectivity index (χ2n) is 7.36. The summed E-state index contributed by atoms with van der Waals surface area (Å²) in [6.07, 6.45) is 5.27. The van der Waals surface area contributed by atoms with Gasteiger partial charge in [-0.15, -0.1) is 0 Å². The van der Waals surface area contributed by atoms with E-state index in [2.05, 4.69) is 52.5 Å². The fourth-order valence-electron chi connectivity index (χ4n) is 3.76. The Morgan fingerprint density at radius 2 is 1.97 bits per heavy atom. The van der Waals surface area contributed by atoms with Gasteiger partial charge in [0.15, 0.2) is 0 Å². The van der Waals surface area contributed by atoms with Gasteiger partial charge in [-0.3, -0.25) is 4.40 Å². The number of halogens is 2. The molecule has 1 aliphatic rings. The lowest BCUT2D eigenvalue weighted by Gasteiger charge is -2.30. The quantitative estimate of drug-likeness (QED) is 0.409. The highest BCUT2D eigenvalue weighted by molar-refractivity contribution is 9.10. The van der Waals surface area contributed by atoms with Crippen molar-refractivity contribution in [1.29, 1.82) is 0 Å². The molecule has 0 aliphatic carbocycles. The third-order valence-corrected chi connectivity index (χ3v) is 6.12. The number of nitrogens with one attached hydrogen (secondary N) is 2. The lowest BCUT2D eigenvalue weighted by Crippen LogP contribution is -2.43. The summed E-state index contributed by atoms with van der Waals surface area (Å²) in [5, 5.41) is 7.08. The minimum Gasteiger partial charge on any atom is -0.494 e. The number of fused-ring (bicyclic) bond motifs is 1. The van der Waals surface area contributed by atoms with Crippen LogP contribution in [-0.2, 0) is 0 Å². The molecule has 1 saturated heterocycles. The zero-order valence-corrected chi connectivity index (χ0v) is 19.7. The zero-order chi connectivity index (χ0) is 22.1. The number of nitrogens with zero attached hydrogens (tertiary/aromatic N) is 5. The molecule has 0 saturated carbocycles. The Hall–Kier alpha value is -2.88. The Bertz CT molecular complexity index is 1270. The molecule has 5 rings (SSSR count). The summed E-state index contributed by atoms with van der Waals surface area (Å²) in [7, 11) is 1.66. The highest BCUT2D eigenvalue weighted by Gasteiger charge is 2.16. The maximum atomic E-state index is 6.46. The lowest BCUT2D eigenvalue weighted by atomic mass is 10.2. The normalized spacial score (nSPS) is 14.0. The fraction of sp³-hybridized carbons (Fsp3) is 0.227. The summed E-state index contributed by atoms with van der Waals surface area (Å²) in [4.78, 5) is 15.8. The Labute approximate surface area is 198 Å². The van der Waals surface area contributed by atoms with Crippen LogP contribution in [0.2, 0.25) is 5.02 Å². The molecule has 3 aromatic heterocycles. The first-order valence-electron chi connectivity index (χ1n) is 10.2. The summed E-state index contributed by atoms with van der Waals surface area (Å²) >= 11 is 9.96. The van der Waals surface area contributed by atoms with E-state index >= 15 is 0 Å². The number of anilines is 3. The molecule has 32 heavy (non-hydrogen) atoms. The van der Waals surface area contributed by atoms with Gasteiger partial charge in [-0.05, 0) is 40.2 Å². The summed E-state index contributed by atoms with van der Waals surface area (Å²) in [6, 6.07) is 9.96. The van der Waals surface area contributed by atoms with Crippen molar-refractivity contribution in [2.24, 2.45) is 0 Å². The highest BCUT2D eigenvalue weighted by Crippen LogP contribution is 2.33. The number of hydrogen-bond acceptors (Lipinski definition) is 7. The van der Waals surface area contributed by atoms with Crippen LogP contribution >= 0.6 is 27.5 Å². The van der Waals surface area contributed by atoms with Gasteiger partial charge < -0.3 is 20.3 Å². The van der Waals surface area contributed by atoms with E-state index in [1.807, 2.05) is 34.9 Å². The molecule has 1 aromatic carbocycles. The second-order valence-corrected chi connectivity index (χ2v) is 8.68. The molecule has 0 radical (unpaired) electrons. The first-order valence-corrected chi connectivity index (χ1v) is 11.4. The van der Waals surface area contributed by atoms with Gasteiger partial charge in [0.05, 0.1) is 35.9 Å². The summed E-state index contributed by atoms with van der Waals surface area (Å²) in [5.74, 6) is 1.14. The van der Waals surface area contributed by atoms with Crippen molar-refractivity contribution in [3.63, 3.8) is 0 Å². The zero-order valence-electron chi connectivity index (χ0n) is 17.3. The van der Waals surface area contributed by atoms with Crippen molar-refractivity contribution in [2.45, 2.75) is 0 Å². The van der Waals surface area contributed by atoms with Crippen molar-refractivity contribution in [2.75, 3.05) is 43.5 Å². The minimum atomic E-state index is 0.419. The number of hydrogen-bond donors (Lipinski definition) is 2. The Morgan fingerprint density at radius 1 is 1.12 bits per heavy atom. The van der Waals surface area contributed by atoms with Crippen molar-refractivity contribution in [3.05, 3.63) is 58.4 Å². The third-order valence-electron chi connectivity index (χ3n) is 5.37. The molecule has 0 bridgehead atoms. The Kier molecular flexibility index (Phi) is 5.86. The van der Waals surface area contributed by atoms with Gasteiger partial charge in [-0.2, -0.15) is 0 Å². The third kappa shape index (κ3) is 4.11. The number of ether oxygens (including phenoxy) is 1. The standard InChI is InChI=1S/C22H21BrClN7O/c1-32-19-10-15(30-8-6-25-7-9-30)3-4-17(19)28-22-27-11-16(24)21(29-22)18-12-26-20-5-2-14(23)13-31(18)20/h2-5,10-13,25H,6-9H2,1H3,(H,27,28,29). The predicted octanol–water partition coefficient (Wildman–Crippen LogP) is 4.37. The molecule has 4 aromatic rings. The van der Waals surface area contributed by atoms with E-state index in [0.717, 1.165) is 59.1 Å². The Morgan fingerprint density at radius 3 is 2.78 bits per heavy atom. The predicted molar refractivity (Wildman–Crippen MR) is 130 cm³/mol. The topological polar surface area (TPSA) is 79.6 Å². The number of methoxy groups -OCH3 is 1. The molecule has 0 spiro atoms. The van der Waals surface area contributed by atoms with Gasteiger partial charge in [0.25, 0.3) is 0 Å². The van der Waals surface area contributed by atoms with Gasteiger partial charge in [0.2, 0.25) is 5.95 Å². The molecule has 1 aliphatic heterocycles. The molecule has 0 atom stereocenters. The molecule has 0 amide bonds. The van der Waals surface area contributed by atoms with E-state index < -0.39 is 0 Å². The maximum Gasteiger partial charge on any atom is 0.227 e. The van der Waals surface area contributed by atoms with Crippen LogP contribution in [0, 0.1) is 0 Å². The van der Waals surface area contributed by atoms with Gasteiger partial charge in [-0.1, -0.05) is 11.6 Å². The Balaban J connectivity index is 1.47. The van der Waals surface area contributed by atoms with Crippen LogP contribution < -0.4 is 20.3 Å². The smallest absolute Gasteiger partial charge is 0.227 e. The van der Waals surface area contributed by atoms with Crippen molar-refractivity contribution < 1.29 is 4.74 Å². The SMILES string of the molecule is COc1cc(N2CCNCC2)ccc1Nc1ncc(Cl)c(-c2cnc3ccc(Br)cn23)n1. The number of aromatic nitrogens is 4. The number of benzene rings is 1. The van der Waals surface area contributed by atoms with Crippen molar-refractivity contribution in [1.82, 2.24) is 24.7 Å². The van der Waals surface area contributed by atoms with Gasteiger partial charge in [-0.25, -0.2) is 15.0 Å². The molecule has 8 nitrogen and oxygen atoms in total. The summed E-state index contributed by atoms with van der Waals surface area (Å²) in [5.41, 5.74) is 4.07. The summed E-state index contributed by atoms with van der Waals surface area (Å²) in [6.45, 7) is 3.89. The number of rotatable bonds is 5. The second kappa shape index (κ2) is 8.93. The van der Waals surface area contributed by atoms with E-state index in [1.165, 1.54) is 0 Å². The number of pyridine rings is 1. The molecule has 0 unspecified atom stereocenters. The molecule has 1 fully saturated rings. The first-order chi connectivity index (χ1) is 15.6. The van der Waals surface area contributed by atoms with E-state index in [4.69, 9.17) is 16.3 Å². The maximum absolute atomic E-state index is 6.46. The van der Waals surface area contributed by atoms with E-state index in [-0.39, 0.29) is 0 Å². The average molecular weight is 515 g/mol. The average Bonchev–Trinajstić information content (AvgIpc) is 3.24. The van der Waals surface area contributed by atoms with Crippen molar-refractivity contribution >= 4 is 50.5 Å². The van der Waals surface area contributed by atoms with Crippen LogP contribution in [0.1, 0.15) is 0 Å². The van der Waals surface area contributed by atoms with Crippen LogP contribution in [0.4, 0.5) is 17.3 Å². The highest BCUT2D eigenvalue weighted by atomic mass is 79.9. The number of piperazine rings is 1. The molecule has 4 heterocycles. The van der Waals surface area contributed by atoms with Crippen molar-refractivity contribution in [3.8, 4) is 17.1 Å².